The zero-order valence-corrected chi connectivity index (χ0v) is 18.1. The molecule has 158 valence electrons. The molecule has 0 bridgehead atoms. The van der Waals surface area contributed by atoms with E-state index in [0.29, 0.717) is 5.92 Å². The summed E-state index contributed by atoms with van der Waals surface area (Å²) in [6.07, 6.45) is 5.57. The van der Waals surface area contributed by atoms with Crippen LogP contribution in [-0.2, 0) is 13.1 Å². The molecule has 0 unspecified atom stereocenters. The summed E-state index contributed by atoms with van der Waals surface area (Å²) in [7, 11) is 0. The molecule has 0 aromatic carbocycles. The number of hydrogen-bond acceptors (Lipinski definition) is 5. The molecular weight excluding hydrogens is 364 g/mol. The van der Waals surface area contributed by atoms with Gasteiger partial charge in [-0.05, 0) is 59.0 Å². The van der Waals surface area contributed by atoms with Gasteiger partial charge in [-0.15, -0.1) is 0 Å². The first-order valence-corrected chi connectivity index (χ1v) is 11.2. The van der Waals surface area contributed by atoms with Gasteiger partial charge in [0, 0.05) is 49.4 Å². The maximum absolute atomic E-state index is 12.2. The molecule has 2 fully saturated rings. The predicted molar refractivity (Wildman–Crippen MR) is 116 cm³/mol. The Labute approximate surface area is 173 Å². The van der Waals surface area contributed by atoms with Gasteiger partial charge in [0.05, 0.1) is 11.4 Å². The van der Waals surface area contributed by atoms with E-state index >= 15 is 0 Å². The number of aromatic amines is 1. The van der Waals surface area contributed by atoms with Crippen molar-refractivity contribution in [1.29, 1.82) is 0 Å². The Morgan fingerprint density at radius 1 is 1.14 bits per heavy atom. The molecule has 0 saturated carbocycles. The first kappa shape index (κ1) is 20.1. The predicted octanol–water partition coefficient (Wildman–Crippen LogP) is 2.97. The quantitative estimate of drug-likeness (QED) is 0.810. The summed E-state index contributed by atoms with van der Waals surface area (Å²) in [5, 5.41) is 4.72. The smallest absolute Gasteiger partial charge is 0.252 e. The van der Waals surface area contributed by atoms with E-state index in [4.69, 9.17) is 10.1 Å². The maximum Gasteiger partial charge on any atom is 0.252 e. The number of rotatable bonds is 6. The largest absolute Gasteiger partial charge is 0.342 e. The van der Waals surface area contributed by atoms with Crippen molar-refractivity contribution in [2.24, 2.45) is 0 Å². The van der Waals surface area contributed by atoms with Gasteiger partial charge in [0.2, 0.25) is 5.95 Å². The van der Waals surface area contributed by atoms with Gasteiger partial charge < -0.3 is 4.90 Å². The molecule has 2 aromatic heterocycles. The van der Waals surface area contributed by atoms with E-state index in [1.807, 2.05) is 0 Å². The van der Waals surface area contributed by atoms with Gasteiger partial charge in [0.25, 0.3) is 5.56 Å². The number of aryl methyl sites for hydroxylation is 2. The third-order valence-electron chi connectivity index (χ3n) is 6.51. The second-order valence-corrected chi connectivity index (χ2v) is 8.61. The van der Waals surface area contributed by atoms with Crippen LogP contribution in [-0.4, -0.2) is 50.8 Å². The average Bonchev–Trinajstić information content (AvgIpc) is 3.33. The molecule has 0 aliphatic carbocycles. The zero-order chi connectivity index (χ0) is 20.4. The lowest BCUT2D eigenvalue weighted by molar-refractivity contribution is 0.202. The summed E-state index contributed by atoms with van der Waals surface area (Å²) in [5.41, 5.74) is 4.79. The van der Waals surface area contributed by atoms with Crippen LogP contribution in [0.25, 0.3) is 0 Å². The van der Waals surface area contributed by atoms with Gasteiger partial charge in [-0.1, -0.05) is 6.92 Å². The van der Waals surface area contributed by atoms with Crippen LogP contribution in [0.5, 0.6) is 0 Å². The Hall–Kier alpha value is -2.15. The van der Waals surface area contributed by atoms with E-state index < -0.39 is 0 Å². The molecule has 2 aromatic rings. The number of aromatic nitrogens is 4. The van der Waals surface area contributed by atoms with Gasteiger partial charge in [-0.25, -0.2) is 4.98 Å². The Morgan fingerprint density at radius 2 is 1.86 bits per heavy atom. The first-order valence-electron chi connectivity index (χ1n) is 11.2. The highest BCUT2D eigenvalue weighted by molar-refractivity contribution is 5.32. The zero-order valence-electron chi connectivity index (χ0n) is 18.1. The first-order chi connectivity index (χ1) is 14.0. The summed E-state index contributed by atoms with van der Waals surface area (Å²) < 4.78 is 2.15. The van der Waals surface area contributed by atoms with Crippen LogP contribution in [0, 0.1) is 13.8 Å². The van der Waals surface area contributed by atoms with Crippen LogP contribution in [0.15, 0.2) is 10.9 Å². The van der Waals surface area contributed by atoms with Crippen molar-refractivity contribution in [1.82, 2.24) is 24.6 Å². The van der Waals surface area contributed by atoms with Crippen LogP contribution < -0.4 is 10.5 Å². The highest BCUT2D eigenvalue weighted by Crippen LogP contribution is 2.29. The molecule has 2 aliphatic heterocycles. The molecule has 4 rings (SSSR count). The SMILES string of the molecule is CCCn1nc(C)c(CN2CCC(c3cc(=O)[nH]c(N4CCCC4)n3)CC2)c1C. The van der Waals surface area contributed by atoms with Crippen LogP contribution >= 0.6 is 0 Å². The Bertz CT molecular complexity index is 887. The number of nitrogens with one attached hydrogen (secondary N) is 1. The van der Waals surface area contributed by atoms with Gasteiger partial charge in [-0.3, -0.25) is 19.4 Å². The van der Waals surface area contributed by atoms with Gasteiger partial charge >= 0.3 is 0 Å². The minimum absolute atomic E-state index is 0.0195. The lowest BCUT2D eigenvalue weighted by Gasteiger charge is -2.32. The van der Waals surface area contributed by atoms with Gasteiger partial charge in [-0.2, -0.15) is 5.10 Å². The second-order valence-electron chi connectivity index (χ2n) is 8.61. The van der Waals surface area contributed by atoms with Crippen molar-refractivity contribution in [2.75, 3.05) is 31.1 Å². The van der Waals surface area contributed by atoms with E-state index in [1.54, 1.807) is 6.07 Å². The van der Waals surface area contributed by atoms with E-state index in [1.165, 1.54) is 24.1 Å². The third-order valence-corrected chi connectivity index (χ3v) is 6.51. The lowest BCUT2D eigenvalue weighted by atomic mass is 9.93. The second kappa shape index (κ2) is 8.69. The average molecular weight is 399 g/mol. The van der Waals surface area contributed by atoms with Crippen molar-refractivity contribution >= 4 is 5.95 Å². The standard InChI is InChI=1S/C22H34N6O/c1-4-9-28-17(3)19(16(2)25-28)15-26-12-7-18(8-13-26)20-14-21(29)24-22(23-20)27-10-5-6-11-27/h14,18H,4-13,15H2,1-3H3,(H,23,24,29). The number of H-pyrrole nitrogens is 1. The summed E-state index contributed by atoms with van der Waals surface area (Å²) in [6.45, 7) is 12.5. The van der Waals surface area contributed by atoms with Crippen molar-refractivity contribution in [3.63, 3.8) is 0 Å². The summed E-state index contributed by atoms with van der Waals surface area (Å²) in [6, 6.07) is 1.71. The highest BCUT2D eigenvalue weighted by Gasteiger charge is 2.25. The number of likely N-dealkylation sites (tertiary alicyclic amines) is 1. The Balaban J connectivity index is 1.41. The topological polar surface area (TPSA) is 70.1 Å². The number of piperidine rings is 1. The summed E-state index contributed by atoms with van der Waals surface area (Å²) in [5.74, 6) is 1.14. The highest BCUT2D eigenvalue weighted by atomic mass is 16.1. The fraction of sp³-hybridized carbons (Fsp3) is 0.682. The van der Waals surface area contributed by atoms with Crippen LogP contribution in [0.1, 0.15) is 67.6 Å². The van der Waals surface area contributed by atoms with Crippen molar-refractivity contribution in [2.45, 2.75) is 71.9 Å². The maximum atomic E-state index is 12.2. The van der Waals surface area contributed by atoms with Crippen LogP contribution in [0.3, 0.4) is 0 Å². The number of nitrogens with zero attached hydrogens (tertiary/aromatic N) is 5. The van der Waals surface area contributed by atoms with E-state index in [2.05, 4.69) is 40.2 Å². The monoisotopic (exact) mass is 398 g/mol. The summed E-state index contributed by atoms with van der Waals surface area (Å²) in [4.78, 5) is 24.7. The Morgan fingerprint density at radius 3 is 2.55 bits per heavy atom. The van der Waals surface area contributed by atoms with E-state index in [-0.39, 0.29) is 5.56 Å². The number of anilines is 1. The fourth-order valence-corrected chi connectivity index (χ4v) is 4.75. The van der Waals surface area contributed by atoms with Crippen molar-refractivity contribution in [3.8, 4) is 0 Å². The lowest BCUT2D eigenvalue weighted by Crippen LogP contribution is -2.33. The fourth-order valence-electron chi connectivity index (χ4n) is 4.75. The molecule has 7 nitrogen and oxygen atoms in total. The van der Waals surface area contributed by atoms with E-state index in [0.717, 1.165) is 75.9 Å². The number of hydrogen-bond donors (Lipinski definition) is 1. The molecule has 0 amide bonds. The minimum atomic E-state index is -0.0195. The molecule has 0 atom stereocenters. The molecule has 29 heavy (non-hydrogen) atoms. The van der Waals surface area contributed by atoms with Gasteiger partial charge in [0.15, 0.2) is 0 Å². The molecule has 2 saturated heterocycles. The van der Waals surface area contributed by atoms with Crippen LogP contribution in [0.4, 0.5) is 5.95 Å². The van der Waals surface area contributed by atoms with E-state index in [9.17, 15) is 4.79 Å². The van der Waals surface area contributed by atoms with Crippen molar-refractivity contribution in [3.05, 3.63) is 39.1 Å². The Kier molecular flexibility index (Phi) is 6.04. The molecule has 0 radical (unpaired) electrons. The van der Waals surface area contributed by atoms with Crippen LogP contribution in [0.2, 0.25) is 0 Å². The summed E-state index contributed by atoms with van der Waals surface area (Å²) >= 11 is 0. The van der Waals surface area contributed by atoms with Crippen molar-refractivity contribution < 1.29 is 0 Å². The molecule has 1 N–H and O–H groups in total. The molecule has 0 spiro atoms. The normalized spacial score (nSPS) is 18.7. The molecule has 7 heteroatoms. The van der Waals surface area contributed by atoms with Gasteiger partial charge in [0.1, 0.15) is 0 Å². The minimum Gasteiger partial charge on any atom is -0.342 e. The molecule has 2 aliphatic rings. The third kappa shape index (κ3) is 4.39. The molecular formula is C22H34N6O. The molecule has 4 heterocycles.